The fourth-order valence-corrected chi connectivity index (χ4v) is 2.41. The summed E-state index contributed by atoms with van der Waals surface area (Å²) in [6, 6.07) is 18.1. The molecule has 0 amide bonds. The number of nitrogens with zero attached hydrogens (tertiary/aromatic N) is 1. The number of benzene rings is 2. The Labute approximate surface area is 124 Å². The minimum absolute atomic E-state index is 0.147. The van der Waals surface area contributed by atoms with Gasteiger partial charge < -0.3 is 10.5 Å². The van der Waals surface area contributed by atoms with E-state index in [0.29, 0.717) is 6.54 Å². The summed E-state index contributed by atoms with van der Waals surface area (Å²) in [5.74, 6) is 0.790. The van der Waals surface area contributed by atoms with Gasteiger partial charge >= 0.3 is 0 Å². The summed E-state index contributed by atoms with van der Waals surface area (Å²) in [7, 11) is 0. The minimum Gasteiger partial charge on any atom is -0.484 e. The first-order valence-corrected chi connectivity index (χ1v) is 7.04. The Bertz CT molecular complexity index is 755. The number of nitrogens with two attached hydrogens (primary N) is 1. The maximum atomic E-state index is 6.05. The SMILES string of the molecule is Cc1cccc(C(CN)Oc2ccc3cccnc3c2)c1. The summed E-state index contributed by atoms with van der Waals surface area (Å²) in [4.78, 5) is 4.35. The van der Waals surface area contributed by atoms with Crippen LogP contribution in [0.4, 0.5) is 0 Å². The summed E-state index contributed by atoms with van der Waals surface area (Å²) in [6.07, 6.45) is 1.64. The lowest BCUT2D eigenvalue weighted by molar-refractivity contribution is 0.214. The average molecular weight is 278 g/mol. The van der Waals surface area contributed by atoms with Crippen LogP contribution in [0.15, 0.2) is 60.8 Å². The molecule has 1 aromatic heterocycles. The largest absolute Gasteiger partial charge is 0.484 e. The topological polar surface area (TPSA) is 48.1 Å². The fourth-order valence-electron chi connectivity index (χ4n) is 2.41. The van der Waals surface area contributed by atoms with Crippen molar-refractivity contribution in [2.75, 3.05) is 6.54 Å². The summed E-state index contributed by atoms with van der Waals surface area (Å²) in [6.45, 7) is 2.50. The molecule has 3 rings (SSSR count). The highest BCUT2D eigenvalue weighted by atomic mass is 16.5. The van der Waals surface area contributed by atoms with Crippen LogP contribution in [0.3, 0.4) is 0 Å². The van der Waals surface area contributed by atoms with Crippen molar-refractivity contribution in [1.82, 2.24) is 4.98 Å². The van der Waals surface area contributed by atoms with Gasteiger partial charge in [-0.05, 0) is 30.7 Å². The normalized spacial score (nSPS) is 12.3. The highest BCUT2D eigenvalue weighted by molar-refractivity contribution is 5.79. The van der Waals surface area contributed by atoms with Crippen molar-refractivity contribution in [3.63, 3.8) is 0 Å². The van der Waals surface area contributed by atoms with Crippen LogP contribution in [0.5, 0.6) is 5.75 Å². The standard InChI is InChI=1S/C18H18N2O/c1-13-4-2-5-15(10-13)18(12-19)21-16-8-7-14-6-3-9-20-17(14)11-16/h2-11,18H,12,19H2,1H3. The predicted molar refractivity (Wildman–Crippen MR) is 85.3 cm³/mol. The number of fused-ring (bicyclic) bond motifs is 1. The van der Waals surface area contributed by atoms with E-state index in [2.05, 4.69) is 24.0 Å². The van der Waals surface area contributed by atoms with E-state index in [0.717, 1.165) is 22.2 Å². The molecule has 0 saturated carbocycles. The van der Waals surface area contributed by atoms with Crippen LogP contribution >= 0.6 is 0 Å². The molecule has 0 radical (unpaired) electrons. The van der Waals surface area contributed by atoms with Crippen LogP contribution in [0.2, 0.25) is 0 Å². The third kappa shape index (κ3) is 3.03. The first-order chi connectivity index (χ1) is 10.3. The molecule has 3 heteroatoms. The Morgan fingerprint density at radius 2 is 2.00 bits per heavy atom. The van der Waals surface area contributed by atoms with E-state index >= 15 is 0 Å². The fraction of sp³-hybridized carbons (Fsp3) is 0.167. The molecular weight excluding hydrogens is 260 g/mol. The van der Waals surface area contributed by atoms with E-state index in [-0.39, 0.29) is 6.10 Å². The van der Waals surface area contributed by atoms with Gasteiger partial charge in [-0.3, -0.25) is 4.98 Å². The van der Waals surface area contributed by atoms with Crippen LogP contribution in [-0.2, 0) is 0 Å². The van der Waals surface area contributed by atoms with E-state index in [1.54, 1.807) is 6.20 Å². The highest BCUT2D eigenvalue weighted by Gasteiger charge is 2.12. The predicted octanol–water partition coefficient (Wildman–Crippen LogP) is 3.62. The van der Waals surface area contributed by atoms with Crippen LogP contribution < -0.4 is 10.5 Å². The van der Waals surface area contributed by atoms with Crippen LogP contribution in [0.25, 0.3) is 10.9 Å². The molecule has 2 N–H and O–H groups in total. The lowest BCUT2D eigenvalue weighted by atomic mass is 10.1. The van der Waals surface area contributed by atoms with E-state index in [1.807, 2.05) is 42.5 Å². The van der Waals surface area contributed by atoms with Crippen molar-refractivity contribution in [3.8, 4) is 5.75 Å². The van der Waals surface area contributed by atoms with E-state index in [1.165, 1.54) is 5.56 Å². The van der Waals surface area contributed by atoms with Crippen molar-refractivity contribution in [2.24, 2.45) is 5.73 Å². The molecule has 2 aromatic carbocycles. The Balaban J connectivity index is 1.88. The molecule has 1 heterocycles. The summed E-state index contributed by atoms with van der Waals surface area (Å²) >= 11 is 0. The van der Waals surface area contributed by atoms with Crippen molar-refractivity contribution in [3.05, 3.63) is 71.9 Å². The number of aromatic nitrogens is 1. The van der Waals surface area contributed by atoms with Crippen molar-refractivity contribution in [2.45, 2.75) is 13.0 Å². The Hall–Kier alpha value is -2.39. The third-order valence-electron chi connectivity index (χ3n) is 3.48. The number of ether oxygens (including phenoxy) is 1. The molecule has 3 nitrogen and oxygen atoms in total. The summed E-state index contributed by atoms with van der Waals surface area (Å²) < 4.78 is 6.05. The molecule has 0 aliphatic rings. The Morgan fingerprint density at radius 1 is 1.10 bits per heavy atom. The minimum atomic E-state index is -0.147. The quantitative estimate of drug-likeness (QED) is 0.793. The van der Waals surface area contributed by atoms with Gasteiger partial charge in [0.1, 0.15) is 11.9 Å². The van der Waals surface area contributed by atoms with Crippen molar-refractivity contribution < 1.29 is 4.74 Å². The van der Waals surface area contributed by atoms with Gasteiger partial charge in [-0.2, -0.15) is 0 Å². The van der Waals surface area contributed by atoms with Crippen molar-refractivity contribution in [1.29, 1.82) is 0 Å². The zero-order valence-electron chi connectivity index (χ0n) is 12.0. The zero-order chi connectivity index (χ0) is 14.7. The maximum Gasteiger partial charge on any atom is 0.136 e. The highest BCUT2D eigenvalue weighted by Crippen LogP contribution is 2.24. The van der Waals surface area contributed by atoms with Crippen molar-refractivity contribution >= 4 is 10.9 Å². The summed E-state index contributed by atoms with van der Waals surface area (Å²) in [5.41, 5.74) is 9.10. The van der Waals surface area contributed by atoms with Gasteiger partial charge in [0.05, 0.1) is 5.52 Å². The molecule has 0 saturated heterocycles. The van der Waals surface area contributed by atoms with Gasteiger partial charge in [0.25, 0.3) is 0 Å². The Kier molecular flexibility index (Phi) is 3.84. The average Bonchev–Trinajstić information content (AvgIpc) is 2.52. The van der Waals surface area contributed by atoms with Gasteiger partial charge in [0, 0.05) is 24.2 Å². The molecule has 1 unspecified atom stereocenters. The number of hydrogen-bond donors (Lipinski definition) is 1. The first-order valence-electron chi connectivity index (χ1n) is 7.04. The molecule has 0 fully saturated rings. The van der Waals surface area contributed by atoms with Crippen LogP contribution in [0.1, 0.15) is 17.2 Å². The van der Waals surface area contributed by atoms with Gasteiger partial charge in [-0.25, -0.2) is 0 Å². The van der Waals surface area contributed by atoms with Gasteiger partial charge in [0.2, 0.25) is 0 Å². The van der Waals surface area contributed by atoms with E-state index in [9.17, 15) is 0 Å². The number of rotatable bonds is 4. The molecule has 0 aliphatic carbocycles. The second-order valence-electron chi connectivity index (χ2n) is 5.11. The van der Waals surface area contributed by atoms with Crippen LogP contribution in [-0.4, -0.2) is 11.5 Å². The summed E-state index contributed by atoms with van der Waals surface area (Å²) in [5, 5.41) is 1.10. The lowest BCUT2D eigenvalue weighted by Crippen LogP contribution is -2.18. The maximum absolute atomic E-state index is 6.05. The number of hydrogen-bond acceptors (Lipinski definition) is 3. The molecule has 3 aromatic rings. The molecular formula is C18H18N2O. The second-order valence-corrected chi connectivity index (χ2v) is 5.11. The monoisotopic (exact) mass is 278 g/mol. The molecule has 1 atom stereocenters. The van der Waals surface area contributed by atoms with Crippen LogP contribution in [0, 0.1) is 6.92 Å². The number of pyridine rings is 1. The van der Waals surface area contributed by atoms with E-state index < -0.39 is 0 Å². The van der Waals surface area contributed by atoms with Gasteiger partial charge in [-0.1, -0.05) is 35.9 Å². The molecule has 0 spiro atoms. The van der Waals surface area contributed by atoms with E-state index in [4.69, 9.17) is 10.5 Å². The lowest BCUT2D eigenvalue weighted by Gasteiger charge is -2.18. The molecule has 106 valence electrons. The molecule has 0 bridgehead atoms. The molecule has 21 heavy (non-hydrogen) atoms. The van der Waals surface area contributed by atoms with Gasteiger partial charge in [-0.15, -0.1) is 0 Å². The van der Waals surface area contributed by atoms with Gasteiger partial charge in [0.15, 0.2) is 0 Å². The molecule has 0 aliphatic heterocycles. The zero-order valence-corrected chi connectivity index (χ0v) is 12.0. The third-order valence-corrected chi connectivity index (χ3v) is 3.48. The first kappa shape index (κ1) is 13.6. The Morgan fingerprint density at radius 3 is 2.81 bits per heavy atom. The smallest absolute Gasteiger partial charge is 0.136 e. The second kappa shape index (κ2) is 5.94. The number of aryl methyl sites for hydroxylation is 1.